The maximum atomic E-state index is 6.90. The Morgan fingerprint density at radius 3 is 2.63 bits per heavy atom. The Morgan fingerprint density at radius 1 is 1.03 bits per heavy atom. The van der Waals surface area contributed by atoms with Crippen molar-refractivity contribution < 1.29 is 9.47 Å². The van der Waals surface area contributed by atoms with Crippen LogP contribution in [0, 0.1) is 46.3 Å². The number of halogens is 1. The number of allylic oxidation sites excluding steroid dienone is 2. The van der Waals surface area contributed by atoms with E-state index < -0.39 is 0 Å². The van der Waals surface area contributed by atoms with Gasteiger partial charge in [-0.05, 0) is 91.8 Å². The molecular weight excluding hydrogens is 392 g/mol. The maximum Gasteiger partial charge on any atom is 0.171 e. The van der Waals surface area contributed by atoms with E-state index in [9.17, 15) is 0 Å². The third kappa shape index (κ3) is 2.62. The van der Waals surface area contributed by atoms with Crippen molar-refractivity contribution in [1.29, 1.82) is 0 Å². The monoisotopic (exact) mass is 432 g/mol. The minimum atomic E-state index is -0.281. The fraction of sp³-hybridized carbons (Fsp3) is 0.926. The van der Waals surface area contributed by atoms with E-state index in [0.717, 1.165) is 37.2 Å². The number of alkyl halides is 1. The van der Waals surface area contributed by atoms with Crippen molar-refractivity contribution in [3.8, 4) is 0 Å². The van der Waals surface area contributed by atoms with Gasteiger partial charge in [0, 0.05) is 17.7 Å². The highest BCUT2D eigenvalue weighted by Crippen LogP contribution is 2.70. The molecule has 0 aromatic carbocycles. The first-order valence-electron chi connectivity index (χ1n) is 12.9. The van der Waals surface area contributed by atoms with Gasteiger partial charge in [-0.2, -0.15) is 0 Å². The van der Waals surface area contributed by atoms with Crippen molar-refractivity contribution in [2.75, 3.05) is 6.61 Å². The molecule has 0 amide bonds. The molecule has 5 fully saturated rings. The molecule has 6 aliphatic rings. The molecule has 2 nitrogen and oxygen atoms in total. The first-order chi connectivity index (χ1) is 14.3. The molecule has 0 aromatic heterocycles. The van der Waals surface area contributed by atoms with Gasteiger partial charge in [0.25, 0.3) is 0 Å². The van der Waals surface area contributed by atoms with Crippen LogP contribution in [-0.2, 0) is 9.47 Å². The molecule has 1 spiro atoms. The van der Waals surface area contributed by atoms with Gasteiger partial charge in [-0.3, -0.25) is 0 Å². The highest BCUT2D eigenvalue weighted by atomic mass is 35.5. The van der Waals surface area contributed by atoms with E-state index in [4.69, 9.17) is 21.1 Å². The molecule has 168 valence electrons. The second-order valence-corrected chi connectivity index (χ2v) is 13.2. The normalized spacial score (nSPS) is 59.8. The zero-order valence-corrected chi connectivity index (χ0v) is 20.2. The first-order valence-corrected chi connectivity index (χ1v) is 13.4. The predicted octanol–water partition coefficient (Wildman–Crippen LogP) is 6.96. The number of ether oxygens (including phenoxy) is 2. The molecule has 4 aliphatic carbocycles. The van der Waals surface area contributed by atoms with Crippen molar-refractivity contribution in [3.63, 3.8) is 0 Å². The standard InChI is InChI=1S/C27H41ClO2/c1-16-7-12-27(29-15-16)17(2)24-23(30-27)14-22-20-6-5-18-13-19(28)8-10-25(18,3)21(20)9-11-26(22,24)4/h5,16-17,19-24H,6-15H2,1-4H3/t16-,17-,19+,20-,21+,22+,23+,24+,25-,26-,27+/m0/s1. The van der Waals surface area contributed by atoms with Gasteiger partial charge >= 0.3 is 0 Å². The summed E-state index contributed by atoms with van der Waals surface area (Å²) in [5.41, 5.74) is 2.53. The van der Waals surface area contributed by atoms with Crippen LogP contribution < -0.4 is 0 Å². The zero-order valence-electron chi connectivity index (χ0n) is 19.5. The number of hydrogen-bond acceptors (Lipinski definition) is 2. The van der Waals surface area contributed by atoms with Crippen LogP contribution in [-0.4, -0.2) is 23.9 Å². The first kappa shape index (κ1) is 20.5. The third-order valence-electron chi connectivity index (χ3n) is 11.3. The van der Waals surface area contributed by atoms with Gasteiger partial charge in [-0.25, -0.2) is 0 Å². The smallest absolute Gasteiger partial charge is 0.171 e. The maximum absolute atomic E-state index is 6.90. The zero-order chi connectivity index (χ0) is 20.9. The van der Waals surface area contributed by atoms with E-state index in [0.29, 0.717) is 40.1 Å². The summed E-state index contributed by atoms with van der Waals surface area (Å²) in [5, 5.41) is 0.365. The van der Waals surface area contributed by atoms with Gasteiger partial charge in [-0.1, -0.05) is 39.3 Å². The van der Waals surface area contributed by atoms with E-state index in [1.807, 2.05) is 0 Å². The Morgan fingerprint density at radius 2 is 1.87 bits per heavy atom. The van der Waals surface area contributed by atoms with Crippen LogP contribution in [0.4, 0.5) is 0 Å². The lowest BCUT2D eigenvalue weighted by Gasteiger charge is -2.58. The molecule has 0 aromatic rings. The van der Waals surface area contributed by atoms with Crippen molar-refractivity contribution in [2.24, 2.45) is 46.3 Å². The van der Waals surface area contributed by atoms with Gasteiger partial charge in [0.1, 0.15) is 0 Å². The Bertz CT molecular complexity index is 739. The van der Waals surface area contributed by atoms with Gasteiger partial charge < -0.3 is 9.47 Å². The van der Waals surface area contributed by atoms with Crippen molar-refractivity contribution in [2.45, 2.75) is 103 Å². The third-order valence-corrected chi connectivity index (χ3v) is 11.7. The molecule has 6 rings (SSSR count). The number of fused-ring (bicyclic) bond motifs is 7. The molecule has 30 heavy (non-hydrogen) atoms. The molecule has 0 N–H and O–H groups in total. The average Bonchev–Trinajstić information content (AvgIpc) is 3.16. The highest BCUT2D eigenvalue weighted by molar-refractivity contribution is 6.20. The fourth-order valence-electron chi connectivity index (χ4n) is 9.63. The van der Waals surface area contributed by atoms with Gasteiger partial charge in [-0.15, -0.1) is 11.6 Å². The molecule has 3 heteroatoms. The quantitative estimate of drug-likeness (QED) is 0.304. The highest BCUT2D eigenvalue weighted by Gasteiger charge is 2.68. The molecule has 0 bridgehead atoms. The summed E-state index contributed by atoms with van der Waals surface area (Å²) in [5.74, 6) is 4.11. The summed E-state index contributed by atoms with van der Waals surface area (Å²) < 4.78 is 13.4. The lowest BCUT2D eigenvalue weighted by molar-refractivity contribution is -0.272. The van der Waals surface area contributed by atoms with Gasteiger partial charge in [0.15, 0.2) is 5.79 Å². The second kappa shape index (κ2) is 6.73. The molecule has 0 unspecified atom stereocenters. The Balaban J connectivity index is 1.28. The van der Waals surface area contributed by atoms with E-state index in [2.05, 4.69) is 33.8 Å². The van der Waals surface area contributed by atoms with E-state index >= 15 is 0 Å². The molecule has 0 radical (unpaired) electrons. The summed E-state index contributed by atoms with van der Waals surface area (Å²) in [6.45, 7) is 10.9. The Labute approximate surface area is 188 Å². The molecule has 3 saturated carbocycles. The summed E-state index contributed by atoms with van der Waals surface area (Å²) in [7, 11) is 0. The molecular formula is C27H41ClO2. The van der Waals surface area contributed by atoms with Crippen LogP contribution >= 0.6 is 11.6 Å². The summed E-state index contributed by atoms with van der Waals surface area (Å²) in [6.07, 6.45) is 14.4. The second-order valence-electron chi connectivity index (χ2n) is 12.6. The molecule has 11 atom stereocenters. The Hall–Kier alpha value is -0.0500. The van der Waals surface area contributed by atoms with Crippen LogP contribution in [0.1, 0.15) is 85.5 Å². The number of hydrogen-bond donors (Lipinski definition) is 0. The summed E-state index contributed by atoms with van der Waals surface area (Å²) in [4.78, 5) is 0. The van der Waals surface area contributed by atoms with E-state index in [1.54, 1.807) is 5.57 Å². The van der Waals surface area contributed by atoms with Crippen molar-refractivity contribution in [1.82, 2.24) is 0 Å². The SMILES string of the molecule is C[C@H]1CC[C@@]2(OC1)O[C@@H]1C[C@@H]3[C@H]4CC=C5C[C@H](Cl)CC[C@]5(C)[C@@H]4CC[C@]3(C)[C@@H]1[C@@H]2C. The average molecular weight is 433 g/mol. The van der Waals surface area contributed by atoms with Gasteiger partial charge in [0.05, 0.1) is 12.7 Å². The summed E-state index contributed by atoms with van der Waals surface area (Å²) >= 11 is 6.58. The van der Waals surface area contributed by atoms with Crippen LogP contribution in [0.5, 0.6) is 0 Å². The van der Waals surface area contributed by atoms with Crippen LogP contribution in [0.2, 0.25) is 0 Å². The minimum absolute atomic E-state index is 0.281. The largest absolute Gasteiger partial charge is 0.349 e. The van der Waals surface area contributed by atoms with E-state index in [-0.39, 0.29) is 5.79 Å². The Kier molecular flexibility index (Phi) is 4.61. The van der Waals surface area contributed by atoms with Gasteiger partial charge in [0.2, 0.25) is 0 Å². The van der Waals surface area contributed by atoms with E-state index in [1.165, 1.54) is 44.9 Å². The van der Waals surface area contributed by atoms with Crippen LogP contribution in [0.3, 0.4) is 0 Å². The molecule has 2 aliphatic heterocycles. The minimum Gasteiger partial charge on any atom is -0.349 e. The summed E-state index contributed by atoms with van der Waals surface area (Å²) in [6, 6.07) is 0. The van der Waals surface area contributed by atoms with Crippen LogP contribution in [0.15, 0.2) is 11.6 Å². The van der Waals surface area contributed by atoms with Crippen LogP contribution in [0.25, 0.3) is 0 Å². The molecule has 2 saturated heterocycles. The molecule has 2 heterocycles. The lowest BCUT2D eigenvalue weighted by atomic mass is 9.47. The fourth-order valence-corrected chi connectivity index (χ4v) is 9.91. The number of rotatable bonds is 0. The van der Waals surface area contributed by atoms with Crippen molar-refractivity contribution in [3.05, 3.63) is 11.6 Å². The lowest BCUT2D eigenvalue weighted by Crippen LogP contribution is -2.52. The topological polar surface area (TPSA) is 18.5 Å². The van der Waals surface area contributed by atoms with Crippen molar-refractivity contribution >= 4 is 11.6 Å². The predicted molar refractivity (Wildman–Crippen MR) is 121 cm³/mol.